The van der Waals surface area contributed by atoms with Gasteiger partial charge >= 0.3 is 0 Å². The summed E-state index contributed by atoms with van der Waals surface area (Å²) in [4.78, 5) is 18.5. The molecule has 1 aliphatic rings. The summed E-state index contributed by atoms with van der Waals surface area (Å²) in [5, 5.41) is 0. The Morgan fingerprint density at radius 3 is 2.81 bits per heavy atom. The first-order chi connectivity index (χ1) is 10.2. The summed E-state index contributed by atoms with van der Waals surface area (Å²) >= 11 is 0. The van der Waals surface area contributed by atoms with Crippen molar-refractivity contribution in [2.45, 2.75) is 45.4 Å². The van der Waals surface area contributed by atoms with E-state index in [-0.39, 0.29) is 5.92 Å². The van der Waals surface area contributed by atoms with E-state index in [1.165, 1.54) is 18.4 Å². The van der Waals surface area contributed by atoms with Crippen molar-refractivity contribution in [3.8, 4) is 0 Å². The predicted molar refractivity (Wildman–Crippen MR) is 86.2 cm³/mol. The normalized spacial score (nSPS) is 22.7. The molecular weight excluding hydrogens is 260 g/mol. The smallest absolute Gasteiger partial charge is 0.137 e. The van der Waals surface area contributed by atoms with Crippen LogP contribution in [0.25, 0.3) is 0 Å². The van der Waals surface area contributed by atoms with Gasteiger partial charge in [-0.2, -0.15) is 0 Å². The van der Waals surface area contributed by atoms with Crippen LogP contribution in [-0.2, 0) is 11.2 Å². The quantitative estimate of drug-likeness (QED) is 0.771. The molecule has 2 atom stereocenters. The first kappa shape index (κ1) is 16.2. The molecule has 21 heavy (non-hydrogen) atoms. The van der Waals surface area contributed by atoms with Gasteiger partial charge in [-0.1, -0.05) is 19.8 Å². The van der Waals surface area contributed by atoms with Crippen molar-refractivity contribution in [3.63, 3.8) is 0 Å². The average molecular weight is 288 g/mol. The van der Waals surface area contributed by atoms with Gasteiger partial charge in [0.25, 0.3) is 0 Å². The molecule has 1 aromatic heterocycles. The number of nitrogens with zero attached hydrogens (tertiary/aromatic N) is 2. The van der Waals surface area contributed by atoms with Crippen molar-refractivity contribution in [2.24, 2.45) is 11.8 Å². The molecule has 0 aromatic carbocycles. The van der Waals surface area contributed by atoms with Crippen LogP contribution < -0.4 is 0 Å². The molecule has 3 heteroatoms. The number of ketones is 1. The number of aromatic nitrogens is 1. The largest absolute Gasteiger partial charge is 0.305 e. The molecule has 3 nitrogen and oxygen atoms in total. The molecule has 0 saturated heterocycles. The zero-order valence-corrected chi connectivity index (χ0v) is 13.4. The second-order valence-electron chi connectivity index (χ2n) is 6.46. The van der Waals surface area contributed by atoms with E-state index < -0.39 is 0 Å². The predicted octanol–water partition coefficient (Wildman–Crippen LogP) is 3.34. The van der Waals surface area contributed by atoms with Crippen LogP contribution in [0.4, 0.5) is 0 Å². The van der Waals surface area contributed by atoms with Crippen molar-refractivity contribution in [1.29, 1.82) is 0 Å². The lowest BCUT2D eigenvalue weighted by molar-refractivity contribution is -0.126. The number of rotatable bonds is 7. The minimum absolute atomic E-state index is 0.262. The molecule has 1 heterocycles. The van der Waals surface area contributed by atoms with Gasteiger partial charge in [0.15, 0.2) is 0 Å². The first-order valence-corrected chi connectivity index (χ1v) is 8.29. The standard InChI is InChI=1S/C18H28N2O/c1-3-4-16-5-6-18(21)17(13-16)14-20(2)12-9-15-7-10-19-11-8-15/h7-8,10-11,16-17H,3-6,9,12-14H2,1-2H3. The molecule has 1 aliphatic carbocycles. The number of carbonyl (C=O) groups is 1. The van der Waals surface area contributed by atoms with E-state index in [1.807, 2.05) is 12.4 Å². The molecule has 0 radical (unpaired) electrons. The van der Waals surface area contributed by atoms with E-state index in [0.717, 1.165) is 44.7 Å². The fraction of sp³-hybridized carbons (Fsp3) is 0.667. The van der Waals surface area contributed by atoms with E-state index >= 15 is 0 Å². The van der Waals surface area contributed by atoms with E-state index in [4.69, 9.17) is 0 Å². The summed E-state index contributed by atoms with van der Waals surface area (Å²) in [5.74, 6) is 1.52. The van der Waals surface area contributed by atoms with Crippen LogP contribution in [0.3, 0.4) is 0 Å². The number of hydrogen-bond acceptors (Lipinski definition) is 3. The van der Waals surface area contributed by atoms with Crippen LogP contribution in [0.2, 0.25) is 0 Å². The lowest BCUT2D eigenvalue weighted by Gasteiger charge is -2.30. The molecule has 116 valence electrons. The number of likely N-dealkylation sites (N-methyl/N-ethyl adjacent to an activating group) is 1. The summed E-state index contributed by atoms with van der Waals surface area (Å²) in [6.45, 7) is 4.17. The van der Waals surface area contributed by atoms with Crippen LogP contribution in [0, 0.1) is 11.8 Å². The summed E-state index contributed by atoms with van der Waals surface area (Å²) in [6.07, 6.45) is 10.3. The summed E-state index contributed by atoms with van der Waals surface area (Å²) in [6, 6.07) is 4.13. The van der Waals surface area contributed by atoms with Gasteiger partial charge in [-0.3, -0.25) is 9.78 Å². The maximum absolute atomic E-state index is 12.1. The highest BCUT2D eigenvalue weighted by Crippen LogP contribution is 2.30. The Hall–Kier alpha value is -1.22. The Bertz CT molecular complexity index is 432. The lowest BCUT2D eigenvalue weighted by Crippen LogP contribution is -2.35. The molecule has 2 unspecified atom stereocenters. The van der Waals surface area contributed by atoms with Crippen molar-refractivity contribution in [1.82, 2.24) is 9.88 Å². The summed E-state index contributed by atoms with van der Waals surface area (Å²) in [7, 11) is 2.14. The molecule has 1 fully saturated rings. The van der Waals surface area contributed by atoms with Gasteiger partial charge < -0.3 is 4.90 Å². The van der Waals surface area contributed by atoms with Crippen LogP contribution in [0.15, 0.2) is 24.5 Å². The highest BCUT2D eigenvalue weighted by Gasteiger charge is 2.28. The number of carbonyl (C=O) groups excluding carboxylic acids is 1. The zero-order chi connectivity index (χ0) is 15.1. The van der Waals surface area contributed by atoms with Gasteiger partial charge in [0, 0.05) is 37.8 Å². The van der Waals surface area contributed by atoms with E-state index in [9.17, 15) is 4.79 Å². The van der Waals surface area contributed by atoms with Gasteiger partial charge in [0.2, 0.25) is 0 Å². The van der Waals surface area contributed by atoms with Crippen molar-refractivity contribution in [3.05, 3.63) is 30.1 Å². The topological polar surface area (TPSA) is 33.2 Å². The van der Waals surface area contributed by atoms with Crippen LogP contribution in [-0.4, -0.2) is 35.8 Å². The number of Topliss-reactive ketones (excluding diaryl/α,β-unsaturated/α-hetero) is 1. The number of pyridine rings is 1. The maximum Gasteiger partial charge on any atom is 0.137 e. The molecule has 0 N–H and O–H groups in total. The lowest BCUT2D eigenvalue weighted by atomic mass is 9.78. The minimum Gasteiger partial charge on any atom is -0.305 e. The third-order valence-corrected chi connectivity index (χ3v) is 4.63. The van der Waals surface area contributed by atoms with Gasteiger partial charge in [0.1, 0.15) is 5.78 Å². The van der Waals surface area contributed by atoms with E-state index in [1.54, 1.807) is 0 Å². The Labute approximate surface area is 128 Å². The highest BCUT2D eigenvalue weighted by molar-refractivity contribution is 5.81. The monoisotopic (exact) mass is 288 g/mol. The first-order valence-electron chi connectivity index (χ1n) is 8.29. The molecule has 0 amide bonds. The van der Waals surface area contributed by atoms with Gasteiger partial charge in [0.05, 0.1) is 0 Å². The van der Waals surface area contributed by atoms with Crippen molar-refractivity contribution >= 4 is 5.78 Å². The van der Waals surface area contributed by atoms with Gasteiger partial charge in [-0.15, -0.1) is 0 Å². The van der Waals surface area contributed by atoms with Gasteiger partial charge in [-0.25, -0.2) is 0 Å². The Morgan fingerprint density at radius 1 is 1.33 bits per heavy atom. The van der Waals surface area contributed by atoms with E-state index in [2.05, 4.69) is 36.0 Å². The molecule has 0 bridgehead atoms. The molecule has 1 saturated carbocycles. The fourth-order valence-electron chi connectivity index (χ4n) is 3.39. The minimum atomic E-state index is 0.262. The molecule has 0 spiro atoms. The van der Waals surface area contributed by atoms with Gasteiger partial charge in [-0.05, 0) is 49.9 Å². The summed E-state index contributed by atoms with van der Waals surface area (Å²) < 4.78 is 0. The number of hydrogen-bond donors (Lipinski definition) is 0. The van der Waals surface area contributed by atoms with Crippen LogP contribution in [0.5, 0.6) is 0 Å². The van der Waals surface area contributed by atoms with Crippen molar-refractivity contribution < 1.29 is 4.79 Å². The fourth-order valence-corrected chi connectivity index (χ4v) is 3.39. The van der Waals surface area contributed by atoms with Crippen molar-refractivity contribution in [2.75, 3.05) is 20.1 Å². The zero-order valence-electron chi connectivity index (χ0n) is 13.4. The SMILES string of the molecule is CCCC1CCC(=O)C(CN(C)CCc2ccncc2)C1. The Balaban J connectivity index is 1.77. The third-order valence-electron chi connectivity index (χ3n) is 4.63. The van der Waals surface area contributed by atoms with Crippen LogP contribution in [0.1, 0.15) is 44.6 Å². The molecule has 2 rings (SSSR count). The maximum atomic E-state index is 12.1. The molecule has 0 aliphatic heterocycles. The third kappa shape index (κ3) is 5.24. The molecule has 1 aromatic rings. The van der Waals surface area contributed by atoms with Crippen LogP contribution >= 0.6 is 0 Å². The molecular formula is C18H28N2O. The highest BCUT2D eigenvalue weighted by atomic mass is 16.1. The Morgan fingerprint density at radius 2 is 2.10 bits per heavy atom. The second-order valence-corrected chi connectivity index (χ2v) is 6.46. The van der Waals surface area contributed by atoms with E-state index in [0.29, 0.717) is 5.78 Å². The second kappa shape index (κ2) is 8.28. The Kier molecular flexibility index (Phi) is 6.37. The average Bonchev–Trinajstić information content (AvgIpc) is 2.50. The summed E-state index contributed by atoms with van der Waals surface area (Å²) in [5.41, 5.74) is 1.32.